The molecule has 0 radical (unpaired) electrons. The van der Waals surface area contributed by atoms with Crippen LogP contribution in [0.5, 0.6) is 0 Å². The second-order valence-electron chi connectivity index (χ2n) is 6.28. The standard InChI is InChI=1S/C18H25N3OS.ClH/c1-12(2)15(19)9-10-21(4)18(22)16-11-23-17(20-16)14-8-6-5-7-13(14)3;/h5-8,11-12,15H,9-10,19H2,1-4H3;1H. The molecule has 0 saturated heterocycles. The molecule has 0 aliphatic carbocycles. The molecule has 0 spiro atoms. The maximum atomic E-state index is 12.5. The summed E-state index contributed by atoms with van der Waals surface area (Å²) in [7, 11) is 1.81. The van der Waals surface area contributed by atoms with E-state index in [0.29, 0.717) is 18.2 Å². The topological polar surface area (TPSA) is 59.2 Å². The quantitative estimate of drug-likeness (QED) is 0.839. The van der Waals surface area contributed by atoms with Crippen LogP contribution in [0.15, 0.2) is 29.6 Å². The number of amides is 1. The summed E-state index contributed by atoms with van der Waals surface area (Å²) in [6, 6.07) is 8.20. The molecule has 2 rings (SSSR count). The molecule has 4 nitrogen and oxygen atoms in total. The van der Waals surface area contributed by atoms with Crippen molar-refractivity contribution in [3.05, 3.63) is 40.9 Å². The zero-order valence-corrected chi connectivity index (χ0v) is 16.3. The summed E-state index contributed by atoms with van der Waals surface area (Å²) in [6.45, 7) is 6.90. The van der Waals surface area contributed by atoms with Crippen LogP contribution in [0.1, 0.15) is 36.3 Å². The molecule has 0 aliphatic rings. The normalized spacial score (nSPS) is 11.9. The second kappa shape index (κ2) is 9.16. The average Bonchev–Trinajstić information content (AvgIpc) is 3.01. The lowest BCUT2D eigenvalue weighted by molar-refractivity contribution is 0.0784. The number of halogens is 1. The molecule has 1 atom stereocenters. The van der Waals surface area contributed by atoms with E-state index in [9.17, 15) is 4.79 Å². The Morgan fingerprint density at radius 2 is 2.00 bits per heavy atom. The summed E-state index contributed by atoms with van der Waals surface area (Å²) >= 11 is 1.51. The van der Waals surface area contributed by atoms with Gasteiger partial charge in [-0.05, 0) is 24.8 Å². The monoisotopic (exact) mass is 367 g/mol. The molecule has 1 aromatic carbocycles. The van der Waals surface area contributed by atoms with Crippen LogP contribution in [0, 0.1) is 12.8 Å². The minimum absolute atomic E-state index is 0. The van der Waals surface area contributed by atoms with Crippen molar-refractivity contribution in [1.82, 2.24) is 9.88 Å². The molecule has 0 fully saturated rings. The predicted octanol–water partition coefficient (Wildman–Crippen LogP) is 3.99. The van der Waals surface area contributed by atoms with Gasteiger partial charge in [0.05, 0.1) is 0 Å². The highest BCUT2D eigenvalue weighted by Crippen LogP contribution is 2.26. The lowest BCUT2D eigenvalue weighted by Gasteiger charge is -2.20. The van der Waals surface area contributed by atoms with E-state index < -0.39 is 0 Å². The first kappa shape index (κ1) is 20.6. The molecule has 24 heavy (non-hydrogen) atoms. The van der Waals surface area contributed by atoms with Crippen LogP contribution in [-0.4, -0.2) is 35.4 Å². The van der Waals surface area contributed by atoms with Gasteiger partial charge in [-0.1, -0.05) is 38.1 Å². The third-order valence-electron chi connectivity index (χ3n) is 4.10. The first-order chi connectivity index (χ1) is 10.9. The van der Waals surface area contributed by atoms with Gasteiger partial charge >= 0.3 is 0 Å². The van der Waals surface area contributed by atoms with Gasteiger partial charge in [0.1, 0.15) is 10.7 Å². The molecule has 2 N–H and O–H groups in total. The van der Waals surface area contributed by atoms with Crippen molar-refractivity contribution in [2.45, 2.75) is 33.2 Å². The maximum absolute atomic E-state index is 12.5. The summed E-state index contributed by atoms with van der Waals surface area (Å²) in [5.41, 5.74) is 8.81. The van der Waals surface area contributed by atoms with Gasteiger partial charge in [0.25, 0.3) is 5.91 Å². The number of hydrogen-bond acceptors (Lipinski definition) is 4. The van der Waals surface area contributed by atoms with Crippen molar-refractivity contribution in [2.75, 3.05) is 13.6 Å². The van der Waals surface area contributed by atoms with E-state index in [1.165, 1.54) is 11.3 Å². The highest BCUT2D eigenvalue weighted by atomic mass is 35.5. The van der Waals surface area contributed by atoms with Crippen LogP contribution in [0.25, 0.3) is 10.6 Å². The number of carbonyl (C=O) groups excluding carboxylic acids is 1. The Balaban J connectivity index is 0.00000288. The van der Waals surface area contributed by atoms with E-state index in [1.807, 2.05) is 30.6 Å². The summed E-state index contributed by atoms with van der Waals surface area (Å²) in [5.74, 6) is 0.377. The van der Waals surface area contributed by atoms with Gasteiger partial charge in [-0.3, -0.25) is 4.79 Å². The van der Waals surface area contributed by atoms with Crippen molar-refractivity contribution < 1.29 is 4.79 Å². The van der Waals surface area contributed by atoms with E-state index in [2.05, 4.69) is 31.8 Å². The Hall–Kier alpha value is -1.43. The first-order valence-electron chi connectivity index (χ1n) is 7.92. The van der Waals surface area contributed by atoms with Crippen LogP contribution in [0.2, 0.25) is 0 Å². The average molecular weight is 368 g/mol. The fourth-order valence-corrected chi connectivity index (χ4v) is 3.17. The van der Waals surface area contributed by atoms with E-state index in [-0.39, 0.29) is 24.4 Å². The number of hydrogen-bond donors (Lipinski definition) is 1. The maximum Gasteiger partial charge on any atom is 0.273 e. The minimum Gasteiger partial charge on any atom is -0.340 e. The smallest absolute Gasteiger partial charge is 0.273 e. The van der Waals surface area contributed by atoms with Crippen molar-refractivity contribution in [3.63, 3.8) is 0 Å². The van der Waals surface area contributed by atoms with Crippen LogP contribution in [0.4, 0.5) is 0 Å². The minimum atomic E-state index is -0.0444. The van der Waals surface area contributed by atoms with Crippen molar-refractivity contribution in [3.8, 4) is 10.6 Å². The Morgan fingerprint density at radius 3 is 2.62 bits per heavy atom. The molecule has 0 aliphatic heterocycles. The summed E-state index contributed by atoms with van der Waals surface area (Å²) in [6.07, 6.45) is 0.800. The first-order valence-corrected chi connectivity index (χ1v) is 8.80. The Bertz CT molecular complexity index is 672. The number of thiazole rings is 1. The zero-order valence-electron chi connectivity index (χ0n) is 14.7. The van der Waals surface area contributed by atoms with E-state index in [0.717, 1.165) is 22.6 Å². The Kier molecular flexibility index (Phi) is 7.87. The number of benzene rings is 1. The second-order valence-corrected chi connectivity index (χ2v) is 7.13. The van der Waals surface area contributed by atoms with Crippen LogP contribution >= 0.6 is 23.7 Å². The summed E-state index contributed by atoms with van der Waals surface area (Å²) < 4.78 is 0. The van der Waals surface area contributed by atoms with Crippen molar-refractivity contribution in [1.29, 1.82) is 0 Å². The lowest BCUT2D eigenvalue weighted by atomic mass is 10.0. The van der Waals surface area contributed by atoms with Gasteiger partial charge in [-0.25, -0.2) is 4.98 Å². The Labute approximate surface area is 154 Å². The number of nitrogens with two attached hydrogens (primary N) is 1. The largest absolute Gasteiger partial charge is 0.340 e. The van der Waals surface area contributed by atoms with Gasteiger partial charge in [0, 0.05) is 30.6 Å². The van der Waals surface area contributed by atoms with Gasteiger partial charge in [0.2, 0.25) is 0 Å². The highest BCUT2D eigenvalue weighted by Gasteiger charge is 2.18. The predicted molar refractivity (Wildman–Crippen MR) is 104 cm³/mol. The van der Waals surface area contributed by atoms with Crippen molar-refractivity contribution >= 4 is 29.7 Å². The van der Waals surface area contributed by atoms with Crippen LogP contribution in [0.3, 0.4) is 0 Å². The molecule has 6 heteroatoms. The molecule has 1 amide bonds. The molecule has 2 aromatic rings. The molecule has 1 heterocycles. The van der Waals surface area contributed by atoms with E-state index >= 15 is 0 Å². The van der Waals surface area contributed by atoms with Gasteiger partial charge < -0.3 is 10.6 Å². The van der Waals surface area contributed by atoms with Gasteiger partial charge in [-0.2, -0.15) is 0 Å². The fraction of sp³-hybridized carbons (Fsp3) is 0.444. The number of carbonyl (C=O) groups is 1. The molecular formula is C18H26ClN3OS. The molecule has 1 unspecified atom stereocenters. The van der Waals surface area contributed by atoms with Crippen molar-refractivity contribution in [2.24, 2.45) is 11.7 Å². The lowest BCUT2D eigenvalue weighted by Crippen LogP contribution is -2.34. The Morgan fingerprint density at radius 1 is 1.33 bits per heavy atom. The third-order valence-corrected chi connectivity index (χ3v) is 4.98. The molecule has 0 bridgehead atoms. The highest BCUT2D eigenvalue weighted by molar-refractivity contribution is 7.13. The van der Waals surface area contributed by atoms with Crippen LogP contribution < -0.4 is 5.73 Å². The van der Waals surface area contributed by atoms with Crippen LogP contribution in [-0.2, 0) is 0 Å². The summed E-state index contributed by atoms with van der Waals surface area (Å²) in [4.78, 5) is 18.7. The SMILES string of the molecule is Cc1ccccc1-c1nc(C(=O)N(C)CCC(N)C(C)C)cs1.Cl. The van der Waals surface area contributed by atoms with E-state index in [4.69, 9.17) is 5.73 Å². The third kappa shape index (κ3) is 5.03. The zero-order chi connectivity index (χ0) is 17.0. The number of nitrogens with zero attached hydrogens (tertiary/aromatic N) is 2. The number of aryl methyl sites for hydroxylation is 1. The number of aromatic nitrogens is 1. The number of rotatable bonds is 6. The summed E-state index contributed by atoms with van der Waals surface area (Å²) in [5, 5.41) is 2.72. The molecular weight excluding hydrogens is 342 g/mol. The molecule has 132 valence electrons. The van der Waals surface area contributed by atoms with Gasteiger partial charge in [0.15, 0.2) is 0 Å². The van der Waals surface area contributed by atoms with E-state index in [1.54, 1.807) is 4.90 Å². The fourth-order valence-electron chi connectivity index (χ4n) is 2.28. The van der Waals surface area contributed by atoms with Gasteiger partial charge in [-0.15, -0.1) is 23.7 Å². The molecule has 0 saturated carbocycles. The molecule has 1 aromatic heterocycles.